The third kappa shape index (κ3) is 1.87. The lowest BCUT2D eigenvalue weighted by molar-refractivity contribution is 0.111. The number of benzene rings is 1. The van der Waals surface area contributed by atoms with Crippen LogP contribution in [0.2, 0.25) is 0 Å². The van der Waals surface area contributed by atoms with Crippen LogP contribution < -0.4 is 0 Å². The van der Waals surface area contributed by atoms with Crippen molar-refractivity contribution in [2.24, 2.45) is 0 Å². The van der Waals surface area contributed by atoms with E-state index in [1.54, 1.807) is 23.9 Å². The molecule has 0 saturated carbocycles. The van der Waals surface area contributed by atoms with Gasteiger partial charge >= 0.3 is 0 Å². The largest absolute Gasteiger partial charge is 0.332 e. The first-order valence-electron chi connectivity index (χ1n) is 5.29. The fourth-order valence-corrected chi connectivity index (χ4v) is 2.83. The Labute approximate surface area is 102 Å². The number of rotatable bonds is 3. The first kappa shape index (κ1) is 10.2. The van der Waals surface area contributed by atoms with Crippen LogP contribution in [0.1, 0.15) is 16.1 Å². The van der Waals surface area contributed by atoms with Gasteiger partial charge in [-0.25, -0.2) is 4.98 Å². The van der Waals surface area contributed by atoms with Crippen molar-refractivity contribution < 1.29 is 4.79 Å². The Kier molecular flexibility index (Phi) is 2.49. The van der Waals surface area contributed by atoms with Crippen molar-refractivity contribution in [3.05, 3.63) is 53.4 Å². The van der Waals surface area contributed by atoms with Crippen LogP contribution in [0.15, 0.2) is 42.2 Å². The molecule has 0 spiro atoms. The zero-order valence-electron chi connectivity index (χ0n) is 9.04. The number of nitrogens with zero attached hydrogens (tertiary/aromatic N) is 2. The van der Waals surface area contributed by atoms with Crippen molar-refractivity contribution in [2.45, 2.75) is 6.54 Å². The molecule has 0 aliphatic heterocycles. The predicted octanol–water partition coefficient (Wildman–Crippen LogP) is 2.96. The molecule has 0 amide bonds. The van der Waals surface area contributed by atoms with Crippen LogP contribution in [0.25, 0.3) is 10.1 Å². The highest BCUT2D eigenvalue weighted by Gasteiger charge is 2.04. The van der Waals surface area contributed by atoms with Crippen molar-refractivity contribution in [3.8, 4) is 0 Å². The minimum atomic E-state index is 0.476. The summed E-state index contributed by atoms with van der Waals surface area (Å²) >= 11 is 1.74. The summed E-state index contributed by atoms with van der Waals surface area (Å²) in [5.74, 6) is 0. The van der Waals surface area contributed by atoms with Crippen LogP contribution in [-0.2, 0) is 6.54 Å². The number of thiophene rings is 1. The SMILES string of the molecule is O=Cc1cn(Cc2csc3ccccc23)cn1. The second kappa shape index (κ2) is 4.14. The Morgan fingerprint density at radius 2 is 2.24 bits per heavy atom. The molecule has 84 valence electrons. The fraction of sp³-hybridized carbons (Fsp3) is 0.0769. The standard InChI is InChI=1S/C13H10N2OS/c16-7-11-6-15(9-14-11)5-10-8-17-13-4-2-1-3-12(10)13/h1-4,6-9H,5H2. The molecule has 0 unspecified atom stereocenters. The molecule has 17 heavy (non-hydrogen) atoms. The van der Waals surface area contributed by atoms with Crippen LogP contribution in [0.3, 0.4) is 0 Å². The molecule has 2 heterocycles. The third-order valence-corrected chi connectivity index (χ3v) is 3.70. The van der Waals surface area contributed by atoms with Gasteiger partial charge in [0, 0.05) is 17.4 Å². The number of fused-ring (bicyclic) bond motifs is 1. The molecule has 3 aromatic rings. The van der Waals surface area contributed by atoms with Gasteiger partial charge in [0.1, 0.15) is 5.69 Å². The van der Waals surface area contributed by atoms with E-state index in [1.807, 2.05) is 16.7 Å². The predicted molar refractivity (Wildman–Crippen MR) is 68.5 cm³/mol. The van der Waals surface area contributed by atoms with Crippen molar-refractivity contribution >= 4 is 27.7 Å². The highest BCUT2D eigenvalue weighted by atomic mass is 32.1. The number of imidazole rings is 1. The highest BCUT2D eigenvalue weighted by Crippen LogP contribution is 2.26. The maximum Gasteiger partial charge on any atom is 0.169 e. The van der Waals surface area contributed by atoms with Gasteiger partial charge in [0.25, 0.3) is 0 Å². The Morgan fingerprint density at radius 3 is 3.06 bits per heavy atom. The lowest BCUT2D eigenvalue weighted by Gasteiger charge is -2.00. The summed E-state index contributed by atoms with van der Waals surface area (Å²) in [5.41, 5.74) is 1.74. The number of hydrogen-bond donors (Lipinski definition) is 0. The van der Waals surface area contributed by atoms with E-state index in [9.17, 15) is 4.79 Å². The van der Waals surface area contributed by atoms with E-state index in [0.29, 0.717) is 5.69 Å². The summed E-state index contributed by atoms with van der Waals surface area (Å²) < 4.78 is 3.22. The monoisotopic (exact) mass is 242 g/mol. The van der Waals surface area contributed by atoms with E-state index in [4.69, 9.17) is 0 Å². The lowest BCUT2D eigenvalue weighted by atomic mass is 10.2. The van der Waals surface area contributed by atoms with Gasteiger partial charge in [0.15, 0.2) is 6.29 Å². The zero-order valence-corrected chi connectivity index (χ0v) is 9.85. The molecule has 0 N–H and O–H groups in total. The molecular weight excluding hydrogens is 232 g/mol. The van der Waals surface area contributed by atoms with Gasteiger partial charge in [-0.05, 0) is 22.4 Å². The summed E-state index contributed by atoms with van der Waals surface area (Å²) in [4.78, 5) is 14.6. The number of hydrogen-bond acceptors (Lipinski definition) is 3. The topological polar surface area (TPSA) is 34.9 Å². The molecule has 0 bridgehead atoms. The van der Waals surface area contributed by atoms with E-state index in [-0.39, 0.29) is 0 Å². The first-order chi connectivity index (χ1) is 8.36. The van der Waals surface area contributed by atoms with E-state index >= 15 is 0 Å². The van der Waals surface area contributed by atoms with Gasteiger partial charge in [0.05, 0.1) is 6.33 Å². The molecule has 0 atom stereocenters. The number of aldehydes is 1. The molecule has 2 aromatic heterocycles. The fourth-order valence-electron chi connectivity index (χ4n) is 1.88. The average molecular weight is 242 g/mol. The summed E-state index contributed by atoms with van der Waals surface area (Å²) in [6.45, 7) is 0.755. The molecular formula is C13H10N2OS. The van der Waals surface area contributed by atoms with Gasteiger partial charge in [-0.3, -0.25) is 4.79 Å². The van der Waals surface area contributed by atoms with Crippen molar-refractivity contribution in [1.29, 1.82) is 0 Å². The van der Waals surface area contributed by atoms with Crippen molar-refractivity contribution in [1.82, 2.24) is 9.55 Å². The van der Waals surface area contributed by atoms with E-state index < -0.39 is 0 Å². The molecule has 0 aliphatic rings. The van der Waals surface area contributed by atoms with E-state index in [2.05, 4.69) is 22.5 Å². The summed E-state index contributed by atoms with van der Waals surface area (Å²) in [7, 11) is 0. The number of aromatic nitrogens is 2. The van der Waals surface area contributed by atoms with Crippen LogP contribution in [-0.4, -0.2) is 15.8 Å². The van der Waals surface area contributed by atoms with E-state index in [1.165, 1.54) is 15.6 Å². The maximum absolute atomic E-state index is 10.6. The lowest BCUT2D eigenvalue weighted by Crippen LogP contribution is -1.95. The summed E-state index contributed by atoms with van der Waals surface area (Å²) in [5, 5.41) is 3.43. The zero-order chi connectivity index (χ0) is 11.7. The molecule has 3 nitrogen and oxygen atoms in total. The molecule has 3 rings (SSSR count). The Hall–Kier alpha value is -1.94. The molecule has 0 aliphatic carbocycles. The minimum Gasteiger partial charge on any atom is -0.332 e. The Bertz CT molecular complexity index is 669. The van der Waals surface area contributed by atoms with Crippen LogP contribution in [0, 0.1) is 0 Å². The van der Waals surface area contributed by atoms with Crippen LogP contribution >= 0.6 is 11.3 Å². The van der Waals surface area contributed by atoms with Gasteiger partial charge in [-0.1, -0.05) is 18.2 Å². The molecule has 0 saturated heterocycles. The maximum atomic E-state index is 10.6. The molecule has 0 radical (unpaired) electrons. The van der Waals surface area contributed by atoms with Crippen molar-refractivity contribution in [2.75, 3.05) is 0 Å². The Balaban J connectivity index is 1.96. The van der Waals surface area contributed by atoms with Gasteiger partial charge in [0.2, 0.25) is 0 Å². The van der Waals surface area contributed by atoms with Gasteiger partial charge in [-0.15, -0.1) is 11.3 Å². The quantitative estimate of drug-likeness (QED) is 0.662. The Morgan fingerprint density at radius 1 is 1.35 bits per heavy atom. The minimum absolute atomic E-state index is 0.476. The normalized spacial score (nSPS) is 10.8. The third-order valence-electron chi connectivity index (χ3n) is 2.69. The van der Waals surface area contributed by atoms with Crippen LogP contribution in [0.4, 0.5) is 0 Å². The summed E-state index contributed by atoms with van der Waals surface area (Å²) in [6.07, 6.45) is 4.22. The van der Waals surface area contributed by atoms with Gasteiger partial charge in [-0.2, -0.15) is 0 Å². The van der Waals surface area contributed by atoms with Gasteiger partial charge < -0.3 is 4.57 Å². The smallest absolute Gasteiger partial charge is 0.169 e. The molecule has 0 fully saturated rings. The van der Waals surface area contributed by atoms with E-state index in [0.717, 1.165) is 12.8 Å². The second-order valence-corrected chi connectivity index (χ2v) is 4.76. The van der Waals surface area contributed by atoms with Crippen LogP contribution in [0.5, 0.6) is 0 Å². The first-order valence-corrected chi connectivity index (χ1v) is 6.17. The average Bonchev–Trinajstić information content (AvgIpc) is 2.97. The highest BCUT2D eigenvalue weighted by molar-refractivity contribution is 7.17. The molecule has 1 aromatic carbocycles. The second-order valence-electron chi connectivity index (χ2n) is 3.85. The summed E-state index contributed by atoms with van der Waals surface area (Å²) in [6, 6.07) is 8.33. The number of carbonyl (C=O) groups excluding carboxylic acids is 1. The number of carbonyl (C=O) groups is 1. The van der Waals surface area contributed by atoms with Crippen molar-refractivity contribution in [3.63, 3.8) is 0 Å². The molecule has 4 heteroatoms.